The first-order valence-corrected chi connectivity index (χ1v) is 6.76. The zero-order chi connectivity index (χ0) is 15.2. The van der Waals surface area contributed by atoms with Gasteiger partial charge >= 0.3 is 5.69 Å². The van der Waals surface area contributed by atoms with Gasteiger partial charge in [0, 0.05) is 11.9 Å². The molecule has 0 aliphatic carbocycles. The van der Waals surface area contributed by atoms with Crippen LogP contribution in [0.2, 0.25) is 0 Å². The average Bonchev–Trinajstić information content (AvgIpc) is 2.53. The maximum atomic E-state index is 10.9. The van der Waals surface area contributed by atoms with Crippen molar-refractivity contribution < 1.29 is 14.4 Å². The number of rotatable bonds is 6. The summed E-state index contributed by atoms with van der Waals surface area (Å²) in [5, 5.41) is 10.9. The van der Waals surface area contributed by atoms with Gasteiger partial charge in [0.25, 0.3) is 0 Å². The Morgan fingerprint density at radius 1 is 1.14 bits per heavy atom. The Hall–Kier alpha value is -2.27. The summed E-state index contributed by atoms with van der Waals surface area (Å²) in [6.45, 7) is 0.241. The fourth-order valence-corrected chi connectivity index (χ4v) is 1.99. The second-order valence-electron chi connectivity index (χ2n) is 4.33. The Morgan fingerprint density at radius 3 is 2.38 bits per heavy atom. The van der Waals surface area contributed by atoms with E-state index in [9.17, 15) is 10.1 Å². The topological polar surface area (TPSA) is 61.6 Å². The van der Waals surface area contributed by atoms with Crippen LogP contribution in [-0.2, 0) is 12.5 Å². The second kappa shape index (κ2) is 6.95. The molecule has 0 amide bonds. The molecular formula is C15H14ClNO4. The van der Waals surface area contributed by atoms with Crippen molar-refractivity contribution in [3.8, 4) is 11.5 Å². The van der Waals surface area contributed by atoms with Gasteiger partial charge in [-0.25, -0.2) is 0 Å². The predicted molar refractivity (Wildman–Crippen MR) is 80.0 cm³/mol. The standard InChI is InChI=1S/C15H14ClNO4/c1-20-15-7-4-12(8-14(15)17(18)19)10-21-13-5-2-11(9-16)3-6-13/h2-8H,9-10H2,1H3. The molecule has 0 aliphatic heterocycles. The number of nitro groups is 1. The Morgan fingerprint density at radius 2 is 1.81 bits per heavy atom. The van der Waals surface area contributed by atoms with Crippen molar-refractivity contribution in [2.75, 3.05) is 7.11 Å². The molecule has 0 fully saturated rings. The molecule has 0 saturated heterocycles. The van der Waals surface area contributed by atoms with E-state index in [1.807, 2.05) is 24.3 Å². The lowest BCUT2D eigenvalue weighted by Crippen LogP contribution is -1.99. The maximum absolute atomic E-state index is 10.9. The molecule has 5 nitrogen and oxygen atoms in total. The molecule has 0 unspecified atom stereocenters. The van der Waals surface area contributed by atoms with Gasteiger partial charge in [0.15, 0.2) is 5.75 Å². The lowest BCUT2D eigenvalue weighted by molar-refractivity contribution is -0.385. The number of hydrogen-bond acceptors (Lipinski definition) is 4. The van der Waals surface area contributed by atoms with Crippen LogP contribution < -0.4 is 9.47 Å². The molecule has 0 aliphatic rings. The summed E-state index contributed by atoms with van der Waals surface area (Å²) >= 11 is 5.71. The molecule has 2 rings (SSSR count). The molecule has 0 aromatic heterocycles. The van der Waals surface area contributed by atoms with Gasteiger partial charge in [-0.15, -0.1) is 11.6 Å². The highest BCUT2D eigenvalue weighted by Gasteiger charge is 2.15. The van der Waals surface area contributed by atoms with E-state index in [0.29, 0.717) is 17.2 Å². The molecular weight excluding hydrogens is 294 g/mol. The van der Waals surface area contributed by atoms with E-state index in [4.69, 9.17) is 21.1 Å². The number of halogens is 1. The quantitative estimate of drug-likeness (QED) is 0.461. The third kappa shape index (κ3) is 3.86. The fourth-order valence-electron chi connectivity index (χ4n) is 1.81. The van der Waals surface area contributed by atoms with Gasteiger partial charge in [0.05, 0.1) is 12.0 Å². The van der Waals surface area contributed by atoms with Crippen molar-refractivity contribution in [2.45, 2.75) is 12.5 Å². The highest BCUT2D eigenvalue weighted by atomic mass is 35.5. The highest BCUT2D eigenvalue weighted by molar-refractivity contribution is 6.17. The first kappa shape index (κ1) is 15.1. The Kier molecular flexibility index (Phi) is 5.00. The first-order chi connectivity index (χ1) is 10.1. The largest absolute Gasteiger partial charge is 0.490 e. The van der Waals surface area contributed by atoms with E-state index in [-0.39, 0.29) is 18.0 Å². The molecule has 110 valence electrons. The average molecular weight is 308 g/mol. The molecule has 2 aromatic rings. The minimum Gasteiger partial charge on any atom is -0.490 e. The van der Waals surface area contributed by atoms with Crippen LogP contribution in [0.15, 0.2) is 42.5 Å². The van der Waals surface area contributed by atoms with Crippen LogP contribution in [0, 0.1) is 10.1 Å². The number of methoxy groups -OCH3 is 1. The Balaban J connectivity index is 2.08. The summed E-state index contributed by atoms with van der Waals surface area (Å²) in [4.78, 5) is 10.5. The number of hydrogen-bond donors (Lipinski definition) is 0. The van der Waals surface area contributed by atoms with Gasteiger partial charge in [-0.2, -0.15) is 0 Å². The fraction of sp³-hybridized carbons (Fsp3) is 0.200. The minimum absolute atomic E-state index is 0.0731. The SMILES string of the molecule is COc1ccc(COc2ccc(CCl)cc2)cc1[N+](=O)[O-]. The molecule has 2 aromatic carbocycles. The van der Waals surface area contributed by atoms with Crippen molar-refractivity contribution in [2.24, 2.45) is 0 Å². The number of nitrogens with zero attached hydrogens (tertiary/aromatic N) is 1. The van der Waals surface area contributed by atoms with E-state index >= 15 is 0 Å². The minimum atomic E-state index is -0.475. The lowest BCUT2D eigenvalue weighted by atomic mass is 10.2. The number of alkyl halides is 1. The van der Waals surface area contributed by atoms with Gasteiger partial charge in [0.2, 0.25) is 0 Å². The second-order valence-corrected chi connectivity index (χ2v) is 4.60. The molecule has 0 radical (unpaired) electrons. The summed E-state index contributed by atoms with van der Waals surface area (Å²) in [6.07, 6.45) is 0. The third-order valence-corrected chi connectivity index (χ3v) is 3.23. The van der Waals surface area contributed by atoms with Gasteiger partial charge in [0.1, 0.15) is 12.4 Å². The van der Waals surface area contributed by atoms with E-state index in [1.54, 1.807) is 12.1 Å². The normalized spacial score (nSPS) is 10.2. The maximum Gasteiger partial charge on any atom is 0.311 e. The third-order valence-electron chi connectivity index (χ3n) is 2.92. The van der Waals surface area contributed by atoms with Crippen LogP contribution >= 0.6 is 11.6 Å². The number of benzene rings is 2. The van der Waals surface area contributed by atoms with Gasteiger partial charge in [-0.05, 0) is 29.3 Å². The van der Waals surface area contributed by atoms with Crippen LogP contribution in [-0.4, -0.2) is 12.0 Å². The molecule has 6 heteroatoms. The number of ether oxygens (including phenoxy) is 2. The summed E-state index contributed by atoms with van der Waals surface area (Å²) in [5.74, 6) is 1.36. The van der Waals surface area contributed by atoms with E-state index in [1.165, 1.54) is 13.2 Å². The lowest BCUT2D eigenvalue weighted by Gasteiger charge is -2.08. The smallest absolute Gasteiger partial charge is 0.311 e. The zero-order valence-electron chi connectivity index (χ0n) is 11.4. The summed E-state index contributed by atoms with van der Waals surface area (Å²) < 4.78 is 10.5. The van der Waals surface area contributed by atoms with Crippen LogP contribution in [0.25, 0.3) is 0 Å². The summed E-state index contributed by atoms with van der Waals surface area (Å²) in [7, 11) is 1.40. The Labute approximate surface area is 127 Å². The first-order valence-electron chi connectivity index (χ1n) is 6.23. The van der Waals surface area contributed by atoms with Crippen molar-refractivity contribution in [3.05, 3.63) is 63.7 Å². The molecule has 0 N–H and O–H groups in total. The van der Waals surface area contributed by atoms with Crippen LogP contribution in [0.4, 0.5) is 5.69 Å². The molecule has 0 heterocycles. The summed E-state index contributed by atoms with van der Waals surface area (Å²) in [5.41, 5.74) is 1.63. The highest BCUT2D eigenvalue weighted by Crippen LogP contribution is 2.28. The molecule has 0 saturated carbocycles. The van der Waals surface area contributed by atoms with Gasteiger partial charge in [-0.1, -0.05) is 18.2 Å². The molecule has 0 spiro atoms. The monoisotopic (exact) mass is 307 g/mol. The van der Waals surface area contributed by atoms with E-state index in [2.05, 4.69) is 0 Å². The summed E-state index contributed by atoms with van der Waals surface area (Å²) in [6, 6.07) is 12.1. The van der Waals surface area contributed by atoms with E-state index in [0.717, 1.165) is 5.56 Å². The van der Waals surface area contributed by atoms with Gasteiger partial charge < -0.3 is 9.47 Å². The molecule has 21 heavy (non-hydrogen) atoms. The van der Waals surface area contributed by atoms with E-state index < -0.39 is 4.92 Å². The van der Waals surface area contributed by atoms with Crippen LogP contribution in [0.5, 0.6) is 11.5 Å². The molecule has 0 bridgehead atoms. The predicted octanol–water partition coefficient (Wildman–Crippen LogP) is 3.92. The molecule has 0 atom stereocenters. The zero-order valence-corrected chi connectivity index (χ0v) is 12.2. The van der Waals surface area contributed by atoms with Crippen molar-refractivity contribution in [1.29, 1.82) is 0 Å². The van der Waals surface area contributed by atoms with Crippen molar-refractivity contribution in [1.82, 2.24) is 0 Å². The Bertz CT molecular complexity index is 628. The van der Waals surface area contributed by atoms with Crippen molar-refractivity contribution >= 4 is 17.3 Å². The van der Waals surface area contributed by atoms with Crippen LogP contribution in [0.1, 0.15) is 11.1 Å². The van der Waals surface area contributed by atoms with Crippen LogP contribution in [0.3, 0.4) is 0 Å². The number of nitro benzene ring substituents is 1. The van der Waals surface area contributed by atoms with Crippen molar-refractivity contribution in [3.63, 3.8) is 0 Å². The van der Waals surface area contributed by atoms with Gasteiger partial charge in [-0.3, -0.25) is 10.1 Å².